The zero-order valence-corrected chi connectivity index (χ0v) is 14.3. The van der Waals surface area contributed by atoms with E-state index in [0.717, 1.165) is 50.1 Å². The smallest absolute Gasteiger partial charge is 0.0524 e. The van der Waals surface area contributed by atoms with Crippen LogP contribution in [-0.4, -0.2) is 49.5 Å². The molecule has 0 bridgehead atoms. The van der Waals surface area contributed by atoms with E-state index >= 15 is 0 Å². The summed E-state index contributed by atoms with van der Waals surface area (Å²) in [4.78, 5) is 11.8. The topological polar surface area (TPSA) is 54.0 Å². The summed E-state index contributed by atoms with van der Waals surface area (Å²) >= 11 is 0. The highest BCUT2D eigenvalue weighted by Crippen LogP contribution is 2.21. The highest BCUT2D eigenvalue weighted by atomic mass is 15.1. The highest BCUT2D eigenvalue weighted by Gasteiger charge is 2.16. The number of likely N-dealkylation sites (tertiary alicyclic amines) is 1. The zero-order valence-electron chi connectivity index (χ0n) is 14.3. The normalized spacial score (nSPS) is 24.1. The average Bonchev–Trinajstić information content (AvgIpc) is 2.56. The second kappa shape index (κ2) is 7.26. The molecule has 0 aromatic heterocycles. The number of piperidine rings is 1. The molecule has 2 aliphatic rings. The number of hydrogen-bond acceptors (Lipinski definition) is 4. The molecule has 1 aromatic carbocycles. The van der Waals surface area contributed by atoms with Crippen LogP contribution in [0.3, 0.4) is 0 Å². The van der Waals surface area contributed by atoms with Crippen molar-refractivity contribution in [1.29, 1.82) is 0 Å². The fourth-order valence-corrected chi connectivity index (χ4v) is 3.26. The van der Waals surface area contributed by atoms with Crippen molar-refractivity contribution in [2.75, 3.05) is 32.4 Å². The molecule has 0 aliphatic carbocycles. The van der Waals surface area contributed by atoms with Crippen molar-refractivity contribution in [1.82, 2.24) is 4.90 Å². The summed E-state index contributed by atoms with van der Waals surface area (Å²) in [5, 5.41) is 0. The van der Waals surface area contributed by atoms with Gasteiger partial charge in [-0.05, 0) is 63.4 Å². The number of benzene rings is 1. The molecule has 1 fully saturated rings. The van der Waals surface area contributed by atoms with Crippen molar-refractivity contribution in [3.05, 3.63) is 29.3 Å². The Morgan fingerprint density at radius 1 is 1.26 bits per heavy atom. The summed E-state index contributed by atoms with van der Waals surface area (Å²) < 4.78 is 0. The lowest BCUT2D eigenvalue weighted by Gasteiger charge is -2.26. The summed E-state index contributed by atoms with van der Waals surface area (Å²) in [6.45, 7) is 5.47. The van der Waals surface area contributed by atoms with Crippen molar-refractivity contribution < 1.29 is 0 Å². The first-order valence-electron chi connectivity index (χ1n) is 8.77. The van der Waals surface area contributed by atoms with Gasteiger partial charge in [-0.25, -0.2) is 0 Å². The third kappa shape index (κ3) is 4.20. The number of nitrogen functional groups attached to an aromatic ring is 1. The molecule has 0 radical (unpaired) electrons. The summed E-state index contributed by atoms with van der Waals surface area (Å²) in [6.07, 6.45) is 6.52. The minimum Gasteiger partial charge on any atom is -0.398 e. The van der Waals surface area contributed by atoms with Crippen molar-refractivity contribution in [2.45, 2.75) is 38.6 Å². The van der Waals surface area contributed by atoms with Gasteiger partial charge in [0.05, 0.1) is 6.04 Å². The highest BCUT2D eigenvalue weighted by molar-refractivity contribution is 6.02. The van der Waals surface area contributed by atoms with E-state index in [1.807, 2.05) is 6.21 Å². The number of anilines is 1. The van der Waals surface area contributed by atoms with Crippen LogP contribution in [0.4, 0.5) is 5.69 Å². The van der Waals surface area contributed by atoms with E-state index in [2.05, 4.69) is 37.1 Å². The van der Waals surface area contributed by atoms with Gasteiger partial charge in [-0.1, -0.05) is 19.1 Å². The largest absolute Gasteiger partial charge is 0.398 e. The van der Waals surface area contributed by atoms with Crippen LogP contribution < -0.4 is 5.73 Å². The standard InChI is InChI=1S/C19H28N4/c1-14-3-6-19(22-12-14)15-4-5-16(18(20)11-15)13-21-17-7-9-23(2)10-8-17/h4-5,11,13-14,17H,3,6-10,12,20H2,1-2H3. The Balaban J connectivity index is 1.67. The Labute approximate surface area is 139 Å². The molecular formula is C19H28N4. The van der Waals surface area contributed by atoms with Crippen LogP contribution in [0.15, 0.2) is 28.2 Å². The third-order valence-corrected chi connectivity index (χ3v) is 5.00. The Kier molecular flexibility index (Phi) is 5.11. The molecule has 4 heteroatoms. The predicted octanol–water partition coefficient (Wildman–Crippen LogP) is 3.00. The lowest BCUT2D eigenvalue weighted by Crippen LogP contribution is -2.32. The molecule has 2 N–H and O–H groups in total. The average molecular weight is 312 g/mol. The molecule has 4 nitrogen and oxygen atoms in total. The molecule has 1 atom stereocenters. The fraction of sp³-hybridized carbons (Fsp3) is 0.579. The molecule has 1 saturated heterocycles. The Morgan fingerprint density at radius 3 is 2.70 bits per heavy atom. The molecule has 124 valence electrons. The van der Waals surface area contributed by atoms with Crippen molar-refractivity contribution >= 4 is 17.6 Å². The van der Waals surface area contributed by atoms with Crippen LogP contribution in [0.2, 0.25) is 0 Å². The second-order valence-corrected chi connectivity index (χ2v) is 7.09. The van der Waals surface area contributed by atoms with Crippen molar-refractivity contribution in [3.63, 3.8) is 0 Å². The first kappa shape index (κ1) is 16.2. The van der Waals surface area contributed by atoms with Gasteiger partial charge in [-0.15, -0.1) is 0 Å². The van der Waals surface area contributed by atoms with Gasteiger partial charge in [0, 0.05) is 29.7 Å². The first-order chi connectivity index (χ1) is 11.1. The van der Waals surface area contributed by atoms with E-state index in [-0.39, 0.29) is 0 Å². The second-order valence-electron chi connectivity index (χ2n) is 7.09. The summed E-state index contributed by atoms with van der Waals surface area (Å²) in [6, 6.07) is 6.73. The minimum absolute atomic E-state index is 0.439. The number of rotatable bonds is 3. The van der Waals surface area contributed by atoms with Gasteiger partial charge in [-0.2, -0.15) is 0 Å². The molecule has 0 amide bonds. The lowest BCUT2D eigenvalue weighted by atomic mass is 9.95. The Morgan fingerprint density at radius 2 is 2.04 bits per heavy atom. The lowest BCUT2D eigenvalue weighted by molar-refractivity contribution is 0.257. The van der Waals surface area contributed by atoms with Crippen LogP contribution in [-0.2, 0) is 0 Å². The van der Waals surface area contributed by atoms with E-state index in [1.165, 1.54) is 17.7 Å². The van der Waals surface area contributed by atoms with E-state index in [1.54, 1.807) is 0 Å². The maximum Gasteiger partial charge on any atom is 0.0524 e. The number of nitrogens with two attached hydrogens (primary N) is 1. The molecule has 3 rings (SSSR count). The van der Waals surface area contributed by atoms with Crippen LogP contribution in [0.1, 0.15) is 43.7 Å². The van der Waals surface area contributed by atoms with Crippen LogP contribution in [0.25, 0.3) is 0 Å². The first-order valence-corrected chi connectivity index (χ1v) is 8.77. The van der Waals surface area contributed by atoms with Crippen molar-refractivity contribution in [2.24, 2.45) is 15.9 Å². The van der Waals surface area contributed by atoms with E-state index in [9.17, 15) is 0 Å². The number of aliphatic imine (C=N–C) groups is 2. The van der Waals surface area contributed by atoms with Gasteiger partial charge in [0.25, 0.3) is 0 Å². The van der Waals surface area contributed by atoms with E-state index in [0.29, 0.717) is 12.0 Å². The SMILES string of the molecule is CC1CCC(c2ccc(C=NC3CCN(C)CC3)c(N)c2)=NC1. The molecular weight excluding hydrogens is 284 g/mol. The van der Waals surface area contributed by atoms with E-state index < -0.39 is 0 Å². The quantitative estimate of drug-likeness (QED) is 0.689. The maximum atomic E-state index is 6.24. The number of nitrogens with zero attached hydrogens (tertiary/aromatic N) is 3. The summed E-state index contributed by atoms with van der Waals surface area (Å²) in [5.41, 5.74) is 10.4. The molecule has 2 heterocycles. The molecule has 23 heavy (non-hydrogen) atoms. The predicted molar refractivity (Wildman–Crippen MR) is 98.8 cm³/mol. The van der Waals surface area contributed by atoms with Gasteiger partial charge in [-0.3, -0.25) is 9.98 Å². The van der Waals surface area contributed by atoms with Gasteiger partial charge >= 0.3 is 0 Å². The molecule has 1 unspecified atom stereocenters. The third-order valence-electron chi connectivity index (χ3n) is 5.00. The monoisotopic (exact) mass is 312 g/mol. The maximum absolute atomic E-state index is 6.24. The zero-order chi connectivity index (χ0) is 16.2. The molecule has 2 aliphatic heterocycles. The van der Waals surface area contributed by atoms with Crippen molar-refractivity contribution in [3.8, 4) is 0 Å². The Hall–Kier alpha value is -1.68. The summed E-state index contributed by atoms with van der Waals surface area (Å²) in [5.74, 6) is 0.706. The van der Waals surface area contributed by atoms with Crippen LogP contribution in [0, 0.1) is 5.92 Å². The van der Waals surface area contributed by atoms with Crippen LogP contribution in [0.5, 0.6) is 0 Å². The van der Waals surface area contributed by atoms with Crippen LogP contribution >= 0.6 is 0 Å². The fourth-order valence-electron chi connectivity index (χ4n) is 3.26. The van der Waals surface area contributed by atoms with Gasteiger partial charge in [0.15, 0.2) is 0 Å². The Bertz CT molecular complexity index is 597. The van der Waals surface area contributed by atoms with Gasteiger partial charge < -0.3 is 10.6 Å². The minimum atomic E-state index is 0.439. The van der Waals surface area contributed by atoms with Gasteiger partial charge in [0.2, 0.25) is 0 Å². The molecule has 0 saturated carbocycles. The molecule has 1 aromatic rings. The molecule has 0 spiro atoms. The van der Waals surface area contributed by atoms with E-state index in [4.69, 9.17) is 15.7 Å². The summed E-state index contributed by atoms with van der Waals surface area (Å²) in [7, 11) is 2.17. The number of hydrogen-bond donors (Lipinski definition) is 1. The van der Waals surface area contributed by atoms with Gasteiger partial charge in [0.1, 0.15) is 0 Å².